The summed E-state index contributed by atoms with van der Waals surface area (Å²) in [5, 5.41) is 1.21. The van der Waals surface area contributed by atoms with Crippen molar-refractivity contribution in [2.75, 3.05) is 26.3 Å². The molecular weight excluding hydrogens is 300 g/mol. The Morgan fingerprint density at radius 1 is 1.21 bits per heavy atom. The molecule has 0 bridgehead atoms. The smallest absolute Gasteiger partial charge is 0.120 e. The SMILES string of the molecule is c1cnc2ccc(CC3COCCN(Cc4ncc[nH]4)C3)cc2c1. The Morgan fingerprint density at radius 3 is 3.12 bits per heavy atom. The molecule has 0 saturated carbocycles. The topological polar surface area (TPSA) is 54.0 Å². The molecule has 1 fully saturated rings. The lowest BCUT2D eigenvalue weighted by molar-refractivity contribution is 0.121. The van der Waals surface area contributed by atoms with Crippen LogP contribution in [0, 0.1) is 5.92 Å². The predicted octanol–water partition coefficient (Wildman–Crippen LogP) is 2.65. The summed E-state index contributed by atoms with van der Waals surface area (Å²) < 4.78 is 5.83. The number of rotatable bonds is 4. The maximum atomic E-state index is 5.83. The van der Waals surface area contributed by atoms with E-state index in [0.717, 1.165) is 50.6 Å². The van der Waals surface area contributed by atoms with E-state index < -0.39 is 0 Å². The van der Waals surface area contributed by atoms with E-state index in [1.54, 1.807) is 0 Å². The molecule has 1 aromatic carbocycles. The van der Waals surface area contributed by atoms with Crippen molar-refractivity contribution in [1.29, 1.82) is 0 Å². The summed E-state index contributed by atoms with van der Waals surface area (Å²) in [5.74, 6) is 1.52. The van der Waals surface area contributed by atoms with E-state index in [0.29, 0.717) is 5.92 Å². The summed E-state index contributed by atoms with van der Waals surface area (Å²) in [4.78, 5) is 14.4. The molecule has 4 rings (SSSR count). The van der Waals surface area contributed by atoms with Crippen LogP contribution in [0.2, 0.25) is 0 Å². The summed E-state index contributed by atoms with van der Waals surface area (Å²) >= 11 is 0. The zero-order chi connectivity index (χ0) is 16.2. The lowest BCUT2D eigenvalue weighted by Crippen LogP contribution is -2.30. The average Bonchev–Trinajstić information content (AvgIpc) is 3.01. The molecule has 24 heavy (non-hydrogen) atoms. The predicted molar refractivity (Wildman–Crippen MR) is 93.6 cm³/mol. The van der Waals surface area contributed by atoms with Gasteiger partial charge in [0.15, 0.2) is 0 Å². The number of nitrogens with one attached hydrogen (secondary N) is 1. The fourth-order valence-corrected chi connectivity index (χ4v) is 3.40. The van der Waals surface area contributed by atoms with Crippen LogP contribution in [0.4, 0.5) is 0 Å². The first-order valence-corrected chi connectivity index (χ1v) is 8.49. The molecule has 124 valence electrons. The van der Waals surface area contributed by atoms with Crippen molar-refractivity contribution in [1.82, 2.24) is 19.9 Å². The van der Waals surface area contributed by atoms with Crippen molar-refractivity contribution in [3.8, 4) is 0 Å². The van der Waals surface area contributed by atoms with E-state index in [9.17, 15) is 0 Å². The third-order valence-electron chi connectivity index (χ3n) is 4.54. The van der Waals surface area contributed by atoms with Crippen LogP contribution in [0.15, 0.2) is 48.9 Å². The van der Waals surface area contributed by atoms with Gasteiger partial charge in [-0.2, -0.15) is 0 Å². The number of benzene rings is 1. The van der Waals surface area contributed by atoms with Gasteiger partial charge in [0, 0.05) is 37.1 Å². The van der Waals surface area contributed by atoms with Crippen LogP contribution in [0.1, 0.15) is 11.4 Å². The van der Waals surface area contributed by atoms with Gasteiger partial charge in [-0.25, -0.2) is 4.98 Å². The fraction of sp³-hybridized carbons (Fsp3) is 0.368. The number of hydrogen-bond acceptors (Lipinski definition) is 4. The zero-order valence-corrected chi connectivity index (χ0v) is 13.7. The van der Waals surface area contributed by atoms with E-state index in [4.69, 9.17) is 4.74 Å². The third kappa shape index (κ3) is 3.63. The Balaban J connectivity index is 1.45. The number of H-pyrrole nitrogens is 1. The Hall–Kier alpha value is -2.24. The first kappa shape index (κ1) is 15.3. The molecule has 0 amide bonds. The number of imidazole rings is 1. The molecule has 0 spiro atoms. The second-order valence-electron chi connectivity index (χ2n) is 6.45. The van der Waals surface area contributed by atoms with Crippen LogP contribution >= 0.6 is 0 Å². The maximum Gasteiger partial charge on any atom is 0.120 e. The summed E-state index contributed by atoms with van der Waals surface area (Å²) in [6.07, 6.45) is 6.56. The fourth-order valence-electron chi connectivity index (χ4n) is 3.40. The van der Waals surface area contributed by atoms with Gasteiger partial charge in [-0.3, -0.25) is 9.88 Å². The molecule has 1 aliphatic heterocycles. The quantitative estimate of drug-likeness (QED) is 0.802. The van der Waals surface area contributed by atoms with Crippen LogP contribution in [0.3, 0.4) is 0 Å². The van der Waals surface area contributed by atoms with Gasteiger partial charge in [-0.05, 0) is 36.1 Å². The van der Waals surface area contributed by atoms with Gasteiger partial charge >= 0.3 is 0 Å². The van der Waals surface area contributed by atoms with Crippen LogP contribution in [-0.2, 0) is 17.7 Å². The number of aromatic amines is 1. The molecule has 1 aliphatic rings. The van der Waals surface area contributed by atoms with E-state index in [1.807, 2.05) is 24.7 Å². The van der Waals surface area contributed by atoms with Gasteiger partial charge < -0.3 is 9.72 Å². The van der Waals surface area contributed by atoms with E-state index >= 15 is 0 Å². The number of aromatic nitrogens is 3. The molecule has 1 atom stereocenters. The van der Waals surface area contributed by atoms with Crippen molar-refractivity contribution < 1.29 is 4.74 Å². The minimum atomic E-state index is 0.497. The van der Waals surface area contributed by atoms with E-state index in [2.05, 4.69) is 44.1 Å². The van der Waals surface area contributed by atoms with Gasteiger partial charge in [-0.1, -0.05) is 12.1 Å². The Kier molecular flexibility index (Phi) is 4.53. The van der Waals surface area contributed by atoms with Crippen molar-refractivity contribution >= 4 is 10.9 Å². The summed E-state index contributed by atoms with van der Waals surface area (Å²) in [6, 6.07) is 10.7. The first-order chi connectivity index (χ1) is 11.9. The second kappa shape index (κ2) is 7.11. The van der Waals surface area contributed by atoms with E-state index in [1.165, 1.54) is 10.9 Å². The molecule has 1 unspecified atom stereocenters. The monoisotopic (exact) mass is 322 g/mol. The number of ether oxygens (including phenoxy) is 1. The Morgan fingerprint density at radius 2 is 2.21 bits per heavy atom. The third-order valence-corrected chi connectivity index (χ3v) is 4.54. The van der Waals surface area contributed by atoms with Crippen molar-refractivity contribution in [3.63, 3.8) is 0 Å². The molecule has 3 heterocycles. The molecule has 0 radical (unpaired) electrons. The van der Waals surface area contributed by atoms with Crippen molar-refractivity contribution in [3.05, 3.63) is 60.3 Å². The van der Waals surface area contributed by atoms with Gasteiger partial charge in [0.2, 0.25) is 0 Å². The highest BCUT2D eigenvalue weighted by molar-refractivity contribution is 5.78. The van der Waals surface area contributed by atoms with Crippen LogP contribution in [0.25, 0.3) is 10.9 Å². The lowest BCUT2D eigenvalue weighted by atomic mass is 9.98. The minimum absolute atomic E-state index is 0.497. The molecular formula is C19H22N4O. The molecule has 3 aromatic rings. The summed E-state index contributed by atoms with van der Waals surface area (Å²) in [6.45, 7) is 4.46. The first-order valence-electron chi connectivity index (χ1n) is 8.49. The molecule has 1 N–H and O–H groups in total. The van der Waals surface area contributed by atoms with Gasteiger partial charge in [0.1, 0.15) is 5.82 Å². The summed E-state index contributed by atoms with van der Waals surface area (Å²) in [5.41, 5.74) is 2.40. The highest BCUT2D eigenvalue weighted by Crippen LogP contribution is 2.19. The Labute approximate surface area is 141 Å². The molecule has 2 aromatic heterocycles. The zero-order valence-electron chi connectivity index (χ0n) is 13.7. The summed E-state index contributed by atoms with van der Waals surface area (Å²) in [7, 11) is 0. The van der Waals surface area contributed by atoms with Crippen LogP contribution in [-0.4, -0.2) is 46.2 Å². The van der Waals surface area contributed by atoms with Crippen LogP contribution in [0.5, 0.6) is 0 Å². The van der Waals surface area contributed by atoms with E-state index in [-0.39, 0.29) is 0 Å². The van der Waals surface area contributed by atoms with Crippen LogP contribution < -0.4 is 0 Å². The largest absolute Gasteiger partial charge is 0.380 e. The molecule has 5 nitrogen and oxygen atoms in total. The normalized spacial score (nSPS) is 19.4. The van der Waals surface area contributed by atoms with Crippen molar-refractivity contribution in [2.24, 2.45) is 5.92 Å². The maximum absolute atomic E-state index is 5.83. The number of fused-ring (bicyclic) bond motifs is 1. The molecule has 5 heteroatoms. The number of pyridine rings is 1. The van der Waals surface area contributed by atoms with Gasteiger partial charge in [0.05, 0.1) is 25.3 Å². The Bertz CT molecular complexity index is 787. The second-order valence-corrected chi connectivity index (χ2v) is 6.45. The minimum Gasteiger partial charge on any atom is -0.380 e. The molecule has 1 saturated heterocycles. The highest BCUT2D eigenvalue weighted by atomic mass is 16.5. The lowest BCUT2D eigenvalue weighted by Gasteiger charge is -2.22. The van der Waals surface area contributed by atoms with Gasteiger partial charge in [0.25, 0.3) is 0 Å². The number of hydrogen-bond donors (Lipinski definition) is 1. The average molecular weight is 322 g/mol. The highest BCUT2D eigenvalue weighted by Gasteiger charge is 2.20. The number of nitrogens with zero attached hydrogens (tertiary/aromatic N) is 3. The molecule has 0 aliphatic carbocycles. The van der Waals surface area contributed by atoms with Crippen molar-refractivity contribution in [2.45, 2.75) is 13.0 Å². The standard InChI is InChI=1S/C19H22N4O/c1-2-17-11-15(3-4-18(17)20-5-1)10-16-12-23(8-9-24-14-16)13-19-21-6-7-22-19/h1-7,11,16H,8-10,12-14H2,(H,21,22). The van der Waals surface area contributed by atoms with Gasteiger partial charge in [-0.15, -0.1) is 0 Å².